The number of aromatic nitrogens is 2. The fourth-order valence-corrected chi connectivity index (χ4v) is 3.15. The summed E-state index contributed by atoms with van der Waals surface area (Å²) in [4.78, 5) is 7.29. The smallest absolute Gasteiger partial charge is 0.191 e. The van der Waals surface area contributed by atoms with Crippen molar-refractivity contribution in [3.05, 3.63) is 18.0 Å². The van der Waals surface area contributed by atoms with Crippen LogP contribution in [-0.4, -0.2) is 58.9 Å². The normalized spacial score (nSPS) is 17.5. The van der Waals surface area contributed by atoms with Crippen molar-refractivity contribution in [2.75, 3.05) is 26.2 Å². The Balaban J connectivity index is 1.74. The Kier molecular flexibility index (Phi) is 7.56. The molecule has 2 rings (SSSR count). The topological polar surface area (TPSA) is 57.5 Å². The molecule has 0 aliphatic carbocycles. The van der Waals surface area contributed by atoms with Gasteiger partial charge in [0, 0.05) is 51.5 Å². The molecule has 1 fully saturated rings. The lowest BCUT2D eigenvalue weighted by Crippen LogP contribution is -2.49. The van der Waals surface area contributed by atoms with Crippen molar-refractivity contribution in [3.63, 3.8) is 0 Å². The van der Waals surface area contributed by atoms with E-state index in [-0.39, 0.29) is 0 Å². The van der Waals surface area contributed by atoms with Crippen LogP contribution in [0.25, 0.3) is 0 Å². The van der Waals surface area contributed by atoms with Crippen LogP contribution in [0.15, 0.2) is 17.4 Å². The van der Waals surface area contributed by atoms with Gasteiger partial charge in [-0.1, -0.05) is 0 Å². The van der Waals surface area contributed by atoms with E-state index in [2.05, 4.69) is 47.6 Å². The summed E-state index contributed by atoms with van der Waals surface area (Å²) in [7, 11) is 1.96. The molecule has 1 aliphatic rings. The van der Waals surface area contributed by atoms with E-state index in [0.717, 1.165) is 31.9 Å². The lowest BCUT2D eigenvalue weighted by molar-refractivity contribution is 0.167. The van der Waals surface area contributed by atoms with E-state index in [1.807, 2.05) is 17.9 Å². The van der Waals surface area contributed by atoms with E-state index in [9.17, 15) is 0 Å². The first-order valence-corrected chi connectivity index (χ1v) is 9.35. The predicted octanol–water partition coefficient (Wildman–Crippen LogP) is 1.78. The zero-order valence-electron chi connectivity index (χ0n) is 15.8. The van der Waals surface area contributed by atoms with Crippen molar-refractivity contribution >= 4 is 5.96 Å². The highest BCUT2D eigenvalue weighted by atomic mass is 15.2. The van der Waals surface area contributed by atoms with Crippen molar-refractivity contribution in [1.29, 1.82) is 0 Å². The van der Waals surface area contributed by atoms with Crippen molar-refractivity contribution in [2.45, 2.75) is 58.5 Å². The summed E-state index contributed by atoms with van der Waals surface area (Å²) in [6.07, 6.45) is 8.49. The first-order valence-electron chi connectivity index (χ1n) is 9.35. The average molecular weight is 335 g/mol. The molecule has 0 aromatic carbocycles. The standard InChI is InChI=1S/C18H34N6/c1-5-19-18(20-10-6-7-16-13-21-23(4)14-16)22-17-8-11-24(12-9-17)15(2)3/h13-15,17H,5-12H2,1-4H3,(H2,19,20,22). The summed E-state index contributed by atoms with van der Waals surface area (Å²) < 4.78 is 1.85. The maximum atomic E-state index is 4.74. The predicted molar refractivity (Wildman–Crippen MR) is 100 cm³/mol. The highest BCUT2D eigenvalue weighted by molar-refractivity contribution is 5.80. The number of nitrogens with one attached hydrogen (secondary N) is 2. The van der Waals surface area contributed by atoms with Crippen LogP contribution in [0.4, 0.5) is 0 Å². The third-order valence-electron chi connectivity index (χ3n) is 4.60. The average Bonchev–Trinajstić information content (AvgIpc) is 2.97. The third-order valence-corrected chi connectivity index (χ3v) is 4.60. The van der Waals surface area contributed by atoms with Crippen LogP contribution in [0.3, 0.4) is 0 Å². The highest BCUT2D eigenvalue weighted by Gasteiger charge is 2.21. The maximum absolute atomic E-state index is 4.74. The van der Waals surface area contributed by atoms with Crippen LogP contribution in [0.2, 0.25) is 0 Å². The minimum Gasteiger partial charge on any atom is -0.357 e. The molecule has 0 bridgehead atoms. The fourth-order valence-electron chi connectivity index (χ4n) is 3.15. The monoisotopic (exact) mass is 334 g/mol. The lowest BCUT2D eigenvalue weighted by Gasteiger charge is -2.35. The Morgan fingerprint density at radius 2 is 2.12 bits per heavy atom. The maximum Gasteiger partial charge on any atom is 0.191 e. The molecule has 1 saturated heterocycles. The van der Waals surface area contributed by atoms with Gasteiger partial charge in [0.05, 0.1) is 6.20 Å². The van der Waals surface area contributed by atoms with Crippen molar-refractivity contribution < 1.29 is 0 Å². The van der Waals surface area contributed by atoms with Gasteiger partial charge in [-0.2, -0.15) is 5.10 Å². The van der Waals surface area contributed by atoms with Crippen molar-refractivity contribution in [1.82, 2.24) is 25.3 Å². The molecule has 0 saturated carbocycles. The van der Waals surface area contributed by atoms with Crippen LogP contribution >= 0.6 is 0 Å². The van der Waals surface area contributed by atoms with E-state index in [1.54, 1.807) is 0 Å². The number of hydrogen-bond donors (Lipinski definition) is 2. The van der Waals surface area contributed by atoms with Crippen molar-refractivity contribution in [3.8, 4) is 0 Å². The largest absolute Gasteiger partial charge is 0.357 e. The van der Waals surface area contributed by atoms with E-state index in [4.69, 9.17) is 4.99 Å². The van der Waals surface area contributed by atoms with E-state index >= 15 is 0 Å². The molecule has 136 valence electrons. The molecule has 0 amide bonds. The van der Waals surface area contributed by atoms with Gasteiger partial charge in [-0.25, -0.2) is 0 Å². The molecule has 1 aromatic rings. The Morgan fingerprint density at radius 1 is 1.38 bits per heavy atom. The summed E-state index contributed by atoms with van der Waals surface area (Å²) >= 11 is 0. The molecule has 2 N–H and O–H groups in total. The fraction of sp³-hybridized carbons (Fsp3) is 0.778. The highest BCUT2D eigenvalue weighted by Crippen LogP contribution is 2.12. The molecule has 6 nitrogen and oxygen atoms in total. The molecular weight excluding hydrogens is 300 g/mol. The molecule has 24 heavy (non-hydrogen) atoms. The van der Waals surface area contributed by atoms with Crippen molar-refractivity contribution in [2.24, 2.45) is 12.0 Å². The summed E-state index contributed by atoms with van der Waals surface area (Å²) in [6, 6.07) is 1.19. The van der Waals surface area contributed by atoms with Gasteiger partial charge in [0.2, 0.25) is 0 Å². The molecule has 6 heteroatoms. The number of rotatable bonds is 7. The van der Waals surface area contributed by atoms with Gasteiger partial charge in [0.15, 0.2) is 5.96 Å². The van der Waals surface area contributed by atoms with Crippen LogP contribution in [0.1, 0.15) is 45.6 Å². The van der Waals surface area contributed by atoms with Crippen LogP contribution < -0.4 is 10.6 Å². The summed E-state index contributed by atoms with van der Waals surface area (Å²) in [5.41, 5.74) is 1.28. The van der Waals surface area contributed by atoms with Gasteiger partial charge in [-0.05, 0) is 52.0 Å². The zero-order chi connectivity index (χ0) is 17.4. The zero-order valence-corrected chi connectivity index (χ0v) is 15.8. The number of aliphatic imine (C=N–C) groups is 1. The molecular formula is C18H34N6. The van der Waals surface area contributed by atoms with Crippen LogP contribution in [0.5, 0.6) is 0 Å². The molecule has 0 spiro atoms. The minimum atomic E-state index is 0.538. The molecule has 0 unspecified atom stereocenters. The summed E-state index contributed by atoms with van der Waals surface area (Å²) in [5, 5.41) is 11.2. The second kappa shape index (κ2) is 9.67. The number of likely N-dealkylation sites (tertiary alicyclic amines) is 1. The van der Waals surface area contributed by atoms with Crippen LogP contribution in [0, 0.1) is 0 Å². The Bertz CT molecular complexity index is 499. The number of hydrogen-bond acceptors (Lipinski definition) is 3. The summed E-state index contributed by atoms with van der Waals surface area (Å²) in [5.74, 6) is 0.965. The Morgan fingerprint density at radius 3 is 2.71 bits per heavy atom. The lowest BCUT2D eigenvalue weighted by atomic mass is 10.0. The Hall–Kier alpha value is -1.56. The SMILES string of the molecule is CCNC(=NCCCc1cnn(C)c1)NC1CCN(C(C)C)CC1. The van der Waals surface area contributed by atoms with Gasteiger partial charge in [0.1, 0.15) is 0 Å². The third kappa shape index (κ3) is 6.15. The molecule has 2 heterocycles. The van der Waals surface area contributed by atoms with Gasteiger partial charge in [0.25, 0.3) is 0 Å². The number of piperidine rings is 1. The molecule has 0 radical (unpaired) electrons. The number of guanidine groups is 1. The number of nitrogens with zero attached hydrogens (tertiary/aromatic N) is 4. The quantitative estimate of drug-likeness (QED) is 0.453. The first kappa shape index (κ1) is 18.8. The second-order valence-electron chi connectivity index (χ2n) is 6.93. The first-order chi connectivity index (χ1) is 11.6. The molecule has 1 aliphatic heterocycles. The summed E-state index contributed by atoms with van der Waals surface area (Å²) in [6.45, 7) is 10.8. The van der Waals surface area contributed by atoms with Gasteiger partial charge < -0.3 is 15.5 Å². The minimum absolute atomic E-state index is 0.538. The van der Waals surface area contributed by atoms with Gasteiger partial charge in [-0.15, -0.1) is 0 Å². The number of aryl methyl sites for hydroxylation is 2. The van der Waals surface area contributed by atoms with E-state index in [0.29, 0.717) is 12.1 Å². The van der Waals surface area contributed by atoms with E-state index in [1.165, 1.54) is 31.5 Å². The second-order valence-corrected chi connectivity index (χ2v) is 6.93. The van der Waals surface area contributed by atoms with E-state index < -0.39 is 0 Å². The van der Waals surface area contributed by atoms with Gasteiger partial charge >= 0.3 is 0 Å². The molecule has 1 aromatic heterocycles. The Labute approximate surface area is 146 Å². The molecule has 0 atom stereocenters. The van der Waals surface area contributed by atoms with Gasteiger partial charge in [-0.3, -0.25) is 9.67 Å². The van der Waals surface area contributed by atoms with Crippen LogP contribution in [-0.2, 0) is 13.5 Å².